The Labute approximate surface area is 220 Å². The highest BCUT2D eigenvalue weighted by Gasteiger charge is 2.39. The van der Waals surface area contributed by atoms with Crippen molar-refractivity contribution >= 4 is 21.9 Å². The predicted octanol–water partition coefficient (Wildman–Crippen LogP) is 2.32. The maximum atomic E-state index is 14.0. The molecule has 1 amide bonds. The van der Waals surface area contributed by atoms with E-state index in [-0.39, 0.29) is 29.8 Å². The standard InChI is InChI=1S/C27H38N6O3S/c1-19-15-21-16-28-27(29-22-9-13-32(14-10-22)37(3,35)36)30-25(21)18-33(19)26(34)23-11-12-31(2)17-24(23)20-7-5-4-6-8-20/h4-8,16,19,22-24H,9-15,17-18H2,1-3H3,(H,28,29,30)/t19-,23+,24-/m1/s1. The van der Waals surface area contributed by atoms with Crippen molar-refractivity contribution in [3.63, 3.8) is 0 Å². The molecular formula is C27H38N6O3S. The highest BCUT2D eigenvalue weighted by atomic mass is 32.2. The number of hydrogen-bond acceptors (Lipinski definition) is 7. The summed E-state index contributed by atoms with van der Waals surface area (Å²) in [7, 11) is -1.02. The molecule has 0 spiro atoms. The van der Waals surface area contributed by atoms with E-state index in [9.17, 15) is 13.2 Å². The molecule has 2 fully saturated rings. The molecule has 0 aliphatic carbocycles. The zero-order chi connectivity index (χ0) is 26.2. The molecule has 2 aromatic rings. The Balaban J connectivity index is 1.29. The molecule has 4 heterocycles. The fourth-order valence-electron chi connectivity index (χ4n) is 6.04. The van der Waals surface area contributed by atoms with Crippen molar-refractivity contribution in [3.05, 3.63) is 53.3 Å². The van der Waals surface area contributed by atoms with Crippen LogP contribution in [0.4, 0.5) is 5.95 Å². The molecule has 2 saturated heterocycles. The number of nitrogens with one attached hydrogen (secondary N) is 1. The third-order valence-electron chi connectivity index (χ3n) is 8.22. The van der Waals surface area contributed by atoms with Crippen LogP contribution in [0.2, 0.25) is 0 Å². The van der Waals surface area contributed by atoms with E-state index in [0.717, 1.165) is 37.2 Å². The second kappa shape index (κ2) is 10.7. The summed E-state index contributed by atoms with van der Waals surface area (Å²) in [6.07, 6.45) is 6.18. The van der Waals surface area contributed by atoms with Crippen molar-refractivity contribution in [2.24, 2.45) is 5.92 Å². The first-order valence-corrected chi connectivity index (χ1v) is 15.1. The lowest BCUT2D eigenvalue weighted by Crippen LogP contribution is -2.50. The monoisotopic (exact) mass is 526 g/mol. The molecule has 3 atom stereocenters. The van der Waals surface area contributed by atoms with E-state index >= 15 is 0 Å². The van der Waals surface area contributed by atoms with Crippen LogP contribution >= 0.6 is 0 Å². The summed E-state index contributed by atoms with van der Waals surface area (Å²) in [6.45, 7) is 5.42. The minimum absolute atomic E-state index is 0.0398. The van der Waals surface area contributed by atoms with Crippen LogP contribution < -0.4 is 5.32 Å². The van der Waals surface area contributed by atoms with E-state index in [4.69, 9.17) is 4.98 Å². The van der Waals surface area contributed by atoms with Gasteiger partial charge in [0.15, 0.2) is 0 Å². The second-order valence-electron chi connectivity index (χ2n) is 10.9. The second-order valence-corrected chi connectivity index (χ2v) is 12.9. The SMILES string of the molecule is C[C@@H]1Cc2cnc(NC3CCN(S(C)(=O)=O)CC3)nc2CN1C(=O)[C@H]1CCN(C)C[C@@H]1c1ccccc1. The molecule has 1 aromatic carbocycles. The van der Waals surface area contributed by atoms with Gasteiger partial charge in [0.2, 0.25) is 21.9 Å². The molecule has 1 aromatic heterocycles. The molecule has 10 heteroatoms. The summed E-state index contributed by atoms with van der Waals surface area (Å²) >= 11 is 0. The zero-order valence-corrected chi connectivity index (χ0v) is 22.8. The van der Waals surface area contributed by atoms with E-state index in [0.29, 0.717) is 38.4 Å². The number of fused-ring (bicyclic) bond motifs is 1. The lowest BCUT2D eigenvalue weighted by molar-refractivity contribution is -0.141. The van der Waals surface area contributed by atoms with Crippen molar-refractivity contribution < 1.29 is 13.2 Å². The van der Waals surface area contributed by atoms with Crippen molar-refractivity contribution in [3.8, 4) is 0 Å². The Morgan fingerprint density at radius 2 is 1.81 bits per heavy atom. The largest absolute Gasteiger partial charge is 0.351 e. The number of hydrogen-bond donors (Lipinski definition) is 1. The van der Waals surface area contributed by atoms with Gasteiger partial charge in [-0.3, -0.25) is 4.79 Å². The highest BCUT2D eigenvalue weighted by molar-refractivity contribution is 7.88. The number of carbonyl (C=O) groups is 1. The normalized spacial score (nSPS) is 26.0. The summed E-state index contributed by atoms with van der Waals surface area (Å²) in [4.78, 5) is 27.7. The molecule has 0 bridgehead atoms. The van der Waals surface area contributed by atoms with Crippen LogP contribution in [0.3, 0.4) is 0 Å². The van der Waals surface area contributed by atoms with Crippen molar-refractivity contribution in [1.82, 2.24) is 24.1 Å². The predicted molar refractivity (Wildman–Crippen MR) is 144 cm³/mol. The van der Waals surface area contributed by atoms with E-state index in [1.54, 1.807) is 0 Å². The molecule has 5 rings (SSSR count). The summed E-state index contributed by atoms with van der Waals surface area (Å²) in [5, 5.41) is 3.40. The van der Waals surface area contributed by atoms with Gasteiger partial charge in [-0.1, -0.05) is 30.3 Å². The van der Waals surface area contributed by atoms with Gasteiger partial charge in [0.1, 0.15) is 0 Å². The Morgan fingerprint density at radius 1 is 1.08 bits per heavy atom. The van der Waals surface area contributed by atoms with Gasteiger partial charge < -0.3 is 15.1 Å². The number of likely N-dealkylation sites (tertiary alicyclic amines) is 1. The Kier molecular flexibility index (Phi) is 7.51. The number of rotatable bonds is 5. The van der Waals surface area contributed by atoms with Crippen LogP contribution in [0, 0.1) is 5.92 Å². The number of anilines is 1. The highest BCUT2D eigenvalue weighted by Crippen LogP contribution is 2.35. The average molecular weight is 527 g/mol. The smallest absolute Gasteiger partial charge is 0.227 e. The number of benzene rings is 1. The Bertz CT molecular complexity index is 1220. The van der Waals surface area contributed by atoms with Gasteiger partial charge in [-0.2, -0.15) is 0 Å². The minimum atomic E-state index is -3.15. The molecule has 0 unspecified atom stereocenters. The number of amides is 1. The number of piperidine rings is 2. The molecule has 0 saturated carbocycles. The topological polar surface area (TPSA) is 98.7 Å². The van der Waals surface area contributed by atoms with Crippen LogP contribution in [-0.2, 0) is 27.8 Å². The quantitative estimate of drug-likeness (QED) is 0.638. The summed E-state index contributed by atoms with van der Waals surface area (Å²) in [6, 6.07) is 10.6. The van der Waals surface area contributed by atoms with Crippen molar-refractivity contribution in [2.45, 2.75) is 57.2 Å². The number of aromatic nitrogens is 2. The maximum Gasteiger partial charge on any atom is 0.227 e. The molecule has 200 valence electrons. The van der Waals surface area contributed by atoms with Crippen molar-refractivity contribution in [1.29, 1.82) is 0 Å². The number of nitrogens with zero attached hydrogens (tertiary/aromatic N) is 5. The average Bonchev–Trinajstić information content (AvgIpc) is 2.88. The molecular weight excluding hydrogens is 488 g/mol. The van der Waals surface area contributed by atoms with Gasteiger partial charge >= 0.3 is 0 Å². The van der Waals surface area contributed by atoms with E-state index in [2.05, 4.69) is 53.4 Å². The Hall–Kier alpha value is -2.56. The van der Waals surface area contributed by atoms with E-state index < -0.39 is 10.0 Å². The van der Waals surface area contributed by atoms with Crippen LogP contribution in [0.15, 0.2) is 36.5 Å². The first-order valence-electron chi connectivity index (χ1n) is 13.3. The number of carbonyl (C=O) groups excluding carboxylic acids is 1. The zero-order valence-electron chi connectivity index (χ0n) is 22.0. The van der Waals surface area contributed by atoms with Gasteiger partial charge in [0, 0.05) is 49.8 Å². The van der Waals surface area contributed by atoms with Gasteiger partial charge in [0.25, 0.3) is 0 Å². The van der Waals surface area contributed by atoms with Crippen LogP contribution in [0.5, 0.6) is 0 Å². The van der Waals surface area contributed by atoms with E-state index in [1.165, 1.54) is 16.1 Å². The number of sulfonamides is 1. The van der Waals surface area contributed by atoms with Crippen LogP contribution in [-0.4, -0.2) is 90.0 Å². The molecule has 0 radical (unpaired) electrons. The lowest BCUT2D eigenvalue weighted by atomic mass is 9.79. The van der Waals surface area contributed by atoms with Crippen LogP contribution in [0.25, 0.3) is 0 Å². The maximum absolute atomic E-state index is 14.0. The third kappa shape index (κ3) is 5.81. The molecule has 9 nitrogen and oxygen atoms in total. The molecule has 1 N–H and O–H groups in total. The summed E-state index contributed by atoms with van der Waals surface area (Å²) in [5.74, 6) is 0.921. The summed E-state index contributed by atoms with van der Waals surface area (Å²) < 4.78 is 25.1. The van der Waals surface area contributed by atoms with Crippen molar-refractivity contribution in [2.75, 3.05) is 44.8 Å². The van der Waals surface area contributed by atoms with Gasteiger partial charge in [0.05, 0.1) is 18.5 Å². The number of likely N-dealkylation sites (N-methyl/N-ethyl adjacent to an activating group) is 1. The van der Waals surface area contributed by atoms with Crippen LogP contribution in [0.1, 0.15) is 48.9 Å². The first-order chi connectivity index (χ1) is 17.7. The van der Waals surface area contributed by atoms with Gasteiger partial charge in [-0.15, -0.1) is 0 Å². The van der Waals surface area contributed by atoms with Gasteiger partial charge in [-0.05, 0) is 57.3 Å². The lowest BCUT2D eigenvalue weighted by Gasteiger charge is -2.42. The van der Waals surface area contributed by atoms with E-state index in [1.807, 2.05) is 17.2 Å². The first kappa shape index (κ1) is 26.1. The molecule has 3 aliphatic rings. The third-order valence-corrected chi connectivity index (χ3v) is 9.52. The fourth-order valence-corrected chi connectivity index (χ4v) is 6.91. The molecule has 3 aliphatic heterocycles. The fraction of sp³-hybridized carbons (Fsp3) is 0.593. The minimum Gasteiger partial charge on any atom is -0.351 e. The summed E-state index contributed by atoms with van der Waals surface area (Å²) in [5.41, 5.74) is 3.23. The van der Waals surface area contributed by atoms with Gasteiger partial charge in [-0.25, -0.2) is 22.7 Å². The molecule has 37 heavy (non-hydrogen) atoms. The Morgan fingerprint density at radius 3 is 2.51 bits per heavy atom.